The molecule has 0 amide bonds. The van der Waals surface area contributed by atoms with Crippen molar-refractivity contribution in [3.8, 4) is 17.4 Å². The molecular weight excluding hydrogens is 356 g/mol. The lowest BCUT2D eigenvalue weighted by atomic mass is 10.1. The maximum atomic E-state index is 5.76. The summed E-state index contributed by atoms with van der Waals surface area (Å²) in [6.07, 6.45) is 7.20. The highest BCUT2D eigenvalue weighted by molar-refractivity contribution is 5.81. The first-order valence-corrected chi connectivity index (χ1v) is 8.74. The number of aromatic nitrogens is 5. The molecule has 3 heterocycles. The van der Waals surface area contributed by atoms with E-state index in [1.807, 2.05) is 24.3 Å². The van der Waals surface area contributed by atoms with E-state index in [1.54, 1.807) is 37.8 Å². The van der Waals surface area contributed by atoms with Gasteiger partial charge in [0.1, 0.15) is 23.3 Å². The van der Waals surface area contributed by atoms with E-state index in [0.717, 1.165) is 12.2 Å². The Labute approximate surface area is 161 Å². The maximum absolute atomic E-state index is 5.76. The number of hydrogen-bond donors (Lipinski definition) is 1. The molecule has 0 atom stereocenters. The zero-order valence-corrected chi connectivity index (χ0v) is 15.2. The van der Waals surface area contributed by atoms with Crippen LogP contribution in [0.4, 0.5) is 5.82 Å². The maximum Gasteiger partial charge on any atom is 0.222 e. The van der Waals surface area contributed by atoms with E-state index in [4.69, 9.17) is 9.47 Å². The number of methoxy groups -OCH3 is 1. The van der Waals surface area contributed by atoms with Gasteiger partial charge in [-0.15, -0.1) is 0 Å². The molecule has 1 N–H and O–H groups in total. The molecule has 0 aliphatic rings. The topological polar surface area (TPSA) is 94.9 Å². The molecule has 0 fully saturated rings. The van der Waals surface area contributed by atoms with Crippen LogP contribution in [-0.4, -0.2) is 38.6 Å². The van der Waals surface area contributed by atoms with Gasteiger partial charge in [0.25, 0.3) is 0 Å². The lowest BCUT2D eigenvalue weighted by molar-refractivity contribution is 0.405. The number of anilines is 1. The largest absolute Gasteiger partial charge is 0.497 e. The van der Waals surface area contributed by atoms with E-state index in [1.165, 1.54) is 11.9 Å². The second kappa shape index (κ2) is 8.26. The van der Waals surface area contributed by atoms with Crippen molar-refractivity contribution in [3.05, 3.63) is 66.9 Å². The zero-order valence-electron chi connectivity index (χ0n) is 15.2. The summed E-state index contributed by atoms with van der Waals surface area (Å²) in [4.78, 5) is 21.0. The summed E-state index contributed by atoms with van der Waals surface area (Å²) < 4.78 is 10.9. The van der Waals surface area contributed by atoms with Crippen LogP contribution in [0.3, 0.4) is 0 Å². The third-order valence-corrected chi connectivity index (χ3v) is 4.06. The van der Waals surface area contributed by atoms with Crippen molar-refractivity contribution >= 4 is 17.0 Å². The average molecular weight is 374 g/mol. The minimum absolute atomic E-state index is 0.491. The highest BCUT2D eigenvalue weighted by atomic mass is 16.5. The predicted octanol–water partition coefficient (Wildman–Crippen LogP) is 3.27. The van der Waals surface area contributed by atoms with E-state index in [2.05, 4.69) is 30.2 Å². The zero-order chi connectivity index (χ0) is 19.2. The van der Waals surface area contributed by atoms with Gasteiger partial charge in [0.2, 0.25) is 5.88 Å². The molecule has 0 spiro atoms. The first-order valence-electron chi connectivity index (χ1n) is 8.74. The summed E-state index contributed by atoms with van der Waals surface area (Å²) in [6.45, 7) is 0.709. The quantitative estimate of drug-likeness (QED) is 0.527. The summed E-state index contributed by atoms with van der Waals surface area (Å²) >= 11 is 0. The molecule has 4 rings (SSSR count). The van der Waals surface area contributed by atoms with Crippen molar-refractivity contribution in [2.45, 2.75) is 6.42 Å². The van der Waals surface area contributed by atoms with Crippen LogP contribution in [0.2, 0.25) is 0 Å². The Kier molecular flexibility index (Phi) is 5.19. The third-order valence-electron chi connectivity index (χ3n) is 4.06. The number of nitrogens with one attached hydrogen (secondary N) is 1. The molecule has 4 aromatic rings. The van der Waals surface area contributed by atoms with E-state index >= 15 is 0 Å². The van der Waals surface area contributed by atoms with Crippen LogP contribution in [0.15, 0.2) is 61.3 Å². The van der Waals surface area contributed by atoms with Crippen LogP contribution in [0.25, 0.3) is 11.2 Å². The Balaban J connectivity index is 1.35. The van der Waals surface area contributed by atoms with Crippen molar-refractivity contribution in [2.24, 2.45) is 0 Å². The number of fused-ring (bicyclic) bond motifs is 1. The highest BCUT2D eigenvalue weighted by Crippen LogP contribution is 2.23. The molecule has 0 saturated heterocycles. The number of pyridine rings is 1. The number of benzene rings is 1. The molecule has 0 aliphatic carbocycles. The molecule has 8 nitrogen and oxygen atoms in total. The van der Waals surface area contributed by atoms with Gasteiger partial charge >= 0.3 is 0 Å². The van der Waals surface area contributed by atoms with Crippen LogP contribution in [0.1, 0.15) is 5.56 Å². The van der Waals surface area contributed by atoms with Crippen LogP contribution < -0.4 is 14.8 Å². The Hall–Kier alpha value is -3.81. The molecule has 3 aromatic heterocycles. The molecular formula is C20H18N6O2. The molecule has 1 aromatic carbocycles. The summed E-state index contributed by atoms with van der Waals surface area (Å²) in [6, 6.07) is 11.4. The molecule has 0 saturated carbocycles. The van der Waals surface area contributed by atoms with Gasteiger partial charge in [0.15, 0.2) is 11.5 Å². The van der Waals surface area contributed by atoms with Crippen LogP contribution in [0.5, 0.6) is 17.4 Å². The first-order chi connectivity index (χ1) is 13.8. The van der Waals surface area contributed by atoms with Gasteiger partial charge < -0.3 is 14.8 Å². The number of nitrogens with zero attached hydrogens (tertiary/aromatic N) is 5. The summed E-state index contributed by atoms with van der Waals surface area (Å²) in [5.41, 5.74) is 2.41. The van der Waals surface area contributed by atoms with Gasteiger partial charge in [-0.2, -0.15) is 0 Å². The SMILES string of the molecule is COc1ccnc(Oc2ccc(CCNc3ncnc4nccnc34)cc2)c1. The smallest absolute Gasteiger partial charge is 0.222 e. The fourth-order valence-corrected chi connectivity index (χ4v) is 2.67. The van der Waals surface area contributed by atoms with Gasteiger partial charge in [0.05, 0.1) is 7.11 Å². The van der Waals surface area contributed by atoms with Crippen LogP contribution in [-0.2, 0) is 6.42 Å². The van der Waals surface area contributed by atoms with Gasteiger partial charge in [-0.3, -0.25) is 0 Å². The summed E-state index contributed by atoms with van der Waals surface area (Å²) in [5.74, 6) is 2.59. The predicted molar refractivity (Wildman–Crippen MR) is 105 cm³/mol. The van der Waals surface area contributed by atoms with Crippen molar-refractivity contribution in [2.75, 3.05) is 19.0 Å². The fraction of sp³-hybridized carbons (Fsp3) is 0.150. The van der Waals surface area contributed by atoms with Crippen molar-refractivity contribution in [3.63, 3.8) is 0 Å². The summed E-state index contributed by atoms with van der Waals surface area (Å²) in [7, 11) is 1.61. The van der Waals surface area contributed by atoms with E-state index < -0.39 is 0 Å². The Morgan fingerprint density at radius 2 is 1.71 bits per heavy atom. The summed E-state index contributed by atoms with van der Waals surface area (Å²) in [5, 5.41) is 3.29. The second-order valence-electron chi connectivity index (χ2n) is 5.91. The normalized spacial score (nSPS) is 10.6. The minimum atomic E-state index is 0.491. The molecule has 28 heavy (non-hydrogen) atoms. The van der Waals surface area contributed by atoms with Gasteiger partial charge in [0, 0.05) is 31.2 Å². The molecule has 140 valence electrons. The number of rotatable bonds is 7. The molecule has 0 radical (unpaired) electrons. The fourth-order valence-electron chi connectivity index (χ4n) is 2.67. The van der Waals surface area contributed by atoms with Crippen LogP contribution in [0, 0.1) is 0 Å². The second-order valence-corrected chi connectivity index (χ2v) is 5.91. The Morgan fingerprint density at radius 1 is 0.857 bits per heavy atom. The lowest BCUT2D eigenvalue weighted by Crippen LogP contribution is -2.08. The minimum Gasteiger partial charge on any atom is -0.497 e. The highest BCUT2D eigenvalue weighted by Gasteiger charge is 2.05. The van der Waals surface area contributed by atoms with Gasteiger partial charge in [-0.1, -0.05) is 12.1 Å². The third kappa shape index (κ3) is 4.12. The Bertz CT molecular complexity index is 1070. The van der Waals surface area contributed by atoms with Crippen molar-refractivity contribution in [1.82, 2.24) is 24.9 Å². The van der Waals surface area contributed by atoms with Crippen molar-refractivity contribution in [1.29, 1.82) is 0 Å². The molecule has 0 bridgehead atoms. The van der Waals surface area contributed by atoms with E-state index in [9.17, 15) is 0 Å². The Morgan fingerprint density at radius 3 is 2.57 bits per heavy atom. The average Bonchev–Trinajstić information content (AvgIpc) is 2.75. The van der Waals surface area contributed by atoms with Crippen LogP contribution >= 0.6 is 0 Å². The molecule has 0 unspecified atom stereocenters. The van der Waals surface area contributed by atoms with Crippen molar-refractivity contribution < 1.29 is 9.47 Å². The van der Waals surface area contributed by atoms with Gasteiger partial charge in [-0.25, -0.2) is 24.9 Å². The number of ether oxygens (including phenoxy) is 2. The lowest BCUT2D eigenvalue weighted by Gasteiger charge is -2.09. The van der Waals surface area contributed by atoms with E-state index in [0.29, 0.717) is 35.2 Å². The number of hydrogen-bond acceptors (Lipinski definition) is 8. The van der Waals surface area contributed by atoms with E-state index in [-0.39, 0.29) is 0 Å². The molecule has 8 heteroatoms. The molecule has 0 aliphatic heterocycles. The first kappa shape index (κ1) is 17.6. The van der Waals surface area contributed by atoms with Gasteiger partial charge in [-0.05, 0) is 30.2 Å². The standard InChI is InChI=1S/C20H18N6O2/c1-27-16-7-9-21-17(12-16)28-15-4-2-14(3-5-15)6-8-23-19-18-20(26-13-25-19)24-11-10-22-18/h2-5,7,9-13H,6,8H2,1H3,(H,23,24,25,26). The monoisotopic (exact) mass is 374 g/mol.